The van der Waals surface area contributed by atoms with Gasteiger partial charge < -0.3 is 15.4 Å². The van der Waals surface area contributed by atoms with Gasteiger partial charge in [0, 0.05) is 42.6 Å². The number of primary amides is 1. The Morgan fingerprint density at radius 2 is 2.07 bits per heavy atom. The summed E-state index contributed by atoms with van der Waals surface area (Å²) in [6.45, 7) is 7.77. The average molecular weight is 420 g/mol. The fourth-order valence-electron chi connectivity index (χ4n) is 3.06. The number of ether oxygens (including phenoxy) is 1. The molecule has 0 aliphatic carbocycles. The number of carbonyl (C=O) groups is 1. The molecule has 2 heterocycles. The second-order valence-electron chi connectivity index (χ2n) is 7.14. The van der Waals surface area contributed by atoms with E-state index in [9.17, 15) is 14.9 Å². The standard InChI is InChI=1S/C18H24N6O4S/c1-12(2)10-23-17(22-5-7-28-8-6-22)20-21-18(23)29-11-14-4-3-13(16(19)25)9-15(14)24(26)27/h3-4,9,12H,5-8,10-11H2,1-2H3,(H2,19,25). The fourth-order valence-corrected chi connectivity index (χ4v) is 4.00. The molecule has 0 saturated carbocycles. The molecule has 2 aromatic rings. The van der Waals surface area contributed by atoms with Gasteiger partial charge in [0.25, 0.3) is 5.69 Å². The third kappa shape index (κ3) is 5.04. The maximum absolute atomic E-state index is 11.4. The molecule has 1 amide bonds. The summed E-state index contributed by atoms with van der Waals surface area (Å²) >= 11 is 1.38. The number of benzene rings is 1. The summed E-state index contributed by atoms with van der Waals surface area (Å²) < 4.78 is 7.48. The van der Waals surface area contributed by atoms with Crippen molar-refractivity contribution in [1.29, 1.82) is 0 Å². The van der Waals surface area contributed by atoms with Crippen LogP contribution in [0.4, 0.5) is 11.6 Å². The summed E-state index contributed by atoms with van der Waals surface area (Å²) in [5, 5.41) is 20.8. The van der Waals surface area contributed by atoms with Gasteiger partial charge in [0.2, 0.25) is 11.9 Å². The summed E-state index contributed by atoms with van der Waals surface area (Å²) in [4.78, 5) is 24.4. The maximum atomic E-state index is 11.4. The van der Waals surface area contributed by atoms with E-state index in [1.54, 1.807) is 6.07 Å². The van der Waals surface area contributed by atoms with Gasteiger partial charge in [-0.25, -0.2) is 0 Å². The molecule has 2 N–H and O–H groups in total. The first-order valence-electron chi connectivity index (χ1n) is 9.32. The van der Waals surface area contributed by atoms with Gasteiger partial charge in [-0.3, -0.25) is 19.5 Å². The van der Waals surface area contributed by atoms with Crippen molar-refractivity contribution in [3.63, 3.8) is 0 Å². The fraction of sp³-hybridized carbons (Fsp3) is 0.500. The van der Waals surface area contributed by atoms with Gasteiger partial charge in [0.1, 0.15) is 0 Å². The first-order valence-corrected chi connectivity index (χ1v) is 10.3. The van der Waals surface area contributed by atoms with E-state index in [0.29, 0.717) is 35.6 Å². The van der Waals surface area contributed by atoms with E-state index >= 15 is 0 Å². The number of amides is 1. The highest BCUT2D eigenvalue weighted by Gasteiger charge is 2.22. The molecule has 1 aromatic heterocycles. The molecule has 29 heavy (non-hydrogen) atoms. The topological polar surface area (TPSA) is 129 Å². The van der Waals surface area contributed by atoms with E-state index in [1.165, 1.54) is 23.9 Å². The van der Waals surface area contributed by atoms with E-state index < -0.39 is 10.8 Å². The lowest BCUT2D eigenvalue weighted by Crippen LogP contribution is -2.38. The Balaban J connectivity index is 1.84. The number of hydrogen-bond donors (Lipinski definition) is 1. The number of thioether (sulfide) groups is 1. The summed E-state index contributed by atoms with van der Waals surface area (Å²) in [6.07, 6.45) is 0. The number of aromatic nitrogens is 3. The Hall–Kier alpha value is -2.66. The SMILES string of the molecule is CC(C)Cn1c(SCc2ccc(C(N)=O)cc2[N+](=O)[O-])nnc1N1CCOCC1. The number of nitro groups is 1. The predicted octanol–water partition coefficient (Wildman–Crippen LogP) is 2.07. The molecule has 0 unspecified atom stereocenters. The zero-order valence-electron chi connectivity index (χ0n) is 16.4. The van der Waals surface area contributed by atoms with Crippen LogP contribution in [0, 0.1) is 16.0 Å². The van der Waals surface area contributed by atoms with E-state index in [4.69, 9.17) is 10.5 Å². The minimum Gasteiger partial charge on any atom is -0.378 e. The molecule has 156 valence electrons. The molecule has 1 aromatic carbocycles. The number of rotatable bonds is 8. The Kier molecular flexibility index (Phi) is 6.70. The first kappa shape index (κ1) is 21.1. The molecular weight excluding hydrogens is 396 g/mol. The molecule has 0 radical (unpaired) electrons. The second-order valence-corrected chi connectivity index (χ2v) is 8.08. The summed E-state index contributed by atoms with van der Waals surface area (Å²) in [5.41, 5.74) is 5.72. The second kappa shape index (κ2) is 9.23. The van der Waals surface area contributed by atoms with E-state index in [2.05, 4.69) is 33.5 Å². The molecule has 1 fully saturated rings. The van der Waals surface area contributed by atoms with Gasteiger partial charge in [-0.05, 0) is 12.0 Å². The van der Waals surface area contributed by atoms with Crippen LogP contribution in [0.25, 0.3) is 0 Å². The Bertz CT molecular complexity index is 894. The van der Waals surface area contributed by atoms with Gasteiger partial charge in [0.15, 0.2) is 5.16 Å². The van der Waals surface area contributed by atoms with E-state index in [0.717, 1.165) is 25.6 Å². The molecule has 0 bridgehead atoms. The van der Waals surface area contributed by atoms with E-state index in [-0.39, 0.29) is 11.3 Å². The minimum absolute atomic E-state index is 0.114. The Morgan fingerprint density at radius 1 is 1.34 bits per heavy atom. The third-order valence-corrected chi connectivity index (χ3v) is 5.48. The highest BCUT2D eigenvalue weighted by Crippen LogP contribution is 2.30. The number of nitrogens with zero attached hydrogens (tertiary/aromatic N) is 5. The number of nitrogens with two attached hydrogens (primary N) is 1. The lowest BCUT2D eigenvalue weighted by atomic mass is 10.1. The molecule has 3 rings (SSSR count). The van der Waals surface area contributed by atoms with Crippen LogP contribution in [0.1, 0.15) is 29.8 Å². The van der Waals surface area contributed by atoms with Crippen LogP contribution in [0.15, 0.2) is 23.4 Å². The van der Waals surface area contributed by atoms with Crippen LogP contribution in [0.2, 0.25) is 0 Å². The monoisotopic (exact) mass is 420 g/mol. The van der Waals surface area contributed by atoms with E-state index in [1.807, 2.05) is 0 Å². The van der Waals surface area contributed by atoms with Gasteiger partial charge in [-0.2, -0.15) is 0 Å². The zero-order chi connectivity index (χ0) is 21.0. The van der Waals surface area contributed by atoms with Gasteiger partial charge in [0.05, 0.1) is 18.1 Å². The number of morpholine rings is 1. The van der Waals surface area contributed by atoms with Crippen LogP contribution in [-0.2, 0) is 17.0 Å². The van der Waals surface area contributed by atoms with Crippen molar-refractivity contribution >= 4 is 29.3 Å². The lowest BCUT2D eigenvalue weighted by molar-refractivity contribution is -0.385. The molecule has 11 heteroatoms. The highest BCUT2D eigenvalue weighted by molar-refractivity contribution is 7.98. The van der Waals surface area contributed by atoms with Crippen molar-refractivity contribution in [1.82, 2.24) is 14.8 Å². The normalized spacial score (nSPS) is 14.4. The average Bonchev–Trinajstić information content (AvgIpc) is 3.08. The molecule has 1 aliphatic rings. The van der Waals surface area contributed by atoms with Crippen LogP contribution in [0.3, 0.4) is 0 Å². The maximum Gasteiger partial charge on any atom is 0.274 e. The summed E-state index contributed by atoms with van der Waals surface area (Å²) in [6, 6.07) is 4.29. The van der Waals surface area contributed by atoms with Crippen LogP contribution >= 0.6 is 11.8 Å². The molecule has 10 nitrogen and oxygen atoms in total. The summed E-state index contributed by atoms with van der Waals surface area (Å²) in [7, 11) is 0. The highest BCUT2D eigenvalue weighted by atomic mass is 32.2. The number of anilines is 1. The van der Waals surface area contributed by atoms with Crippen molar-refractivity contribution in [3.05, 3.63) is 39.4 Å². The molecule has 1 saturated heterocycles. The smallest absolute Gasteiger partial charge is 0.274 e. The van der Waals surface area contributed by atoms with Crippen molar-refractivity contribution < 1.29 is 14.5 Å². The van der Waals surface area contributed by atoms with Gasteiger partial charge >= 0.3 is 0 Å². The third-order valence-electron chi connectivity index (χ3n) is 4.46. The summed E-state index contributed by atoms with van der Waals surface area (Å²) in [5.74, 6) is 0.811. The van der Waals surface area contributed by atoms with Crippen molar-refractivity contribution in [2.45, 2.75) is 31.3 Å². The molecule has 1 aliphatic heterocycles. The van der Waals surface area contributed by atoms with Crippen LogP contribution in [-0.4, -0.2) is 51.9 Å². The minimum atomic E-state index is -0.695. The lowest BCUT2D eigenvalue weighted by Gasteiger charge is -2.28. The van der Waals surface area contributed by atoms with Crippen LogP contribution < -0.4 is 10.6 Å². The largest absolute Gasteiger partial charge is 0.378 e. The number of carbonyl (C=O) groups excluding carboxylic acids is 1. The first-order chi connectivity index (χ1) is 13.9. The van der Waals surface area contributed by atoms with Gasteiger partial charge in [-0.1, -0.05) is 31.7 Å². The molecule has 0 spiro atoms. The molecule has 0 atom stereocenters. The zero-order valence-corrected chi connectivity index (χ0v) is 17.2. The quantitative estimate of drug-likeness (QED) is 0.390. The molecular formula is C18H24N6O4S. The Labute approximate surface area is 172 Å². The van der Waals surface area contributed by atoms with Crippen molar-refractivity contribution in [2.24, 2.45) is 11.7 Å². The Morgan fingerprint density at radius 3 is 2.69 bits per heavy atom. The predicted molar refractivity (Wildman–Crippen MR) is 109 cm³/mol. The van der Waals surface area contributed by atoms with Crippen molar-refractivity contribution in [3.8, 4) is 0 Å². The number of hydrogen-bond acceptors (Lipinski definition) is 8. The van der Waals surface area contributed by atoms with Crippen molar-refractivity contribution in [2.75, 3.05) is 31.2 Å². The van der Waals surface area contributed by atoms with Gasteiger partial charge in [-0.15, -0.1) is 10.2 Å². The van der Waals surface area contributed by atoms with Crippen LogP contribution in [0.5, 0.6) is 0 Å². The number of nitro benzene ring substituents is 1.